The van der Waals surface area contributed by atoms with E-state index in [1.165, 1.54) is 244 Å². The molecule has 0 radical (unpaired) electrons. The van der Waals surface area contributed by atoms with Crippen LogP contribution in [-0.4, -0.2) is 96.7 Å². The first-order valence-corrected chi connectivity index (χ1v) is 47.2. The maximum Gasteiger partial charge on any atom is 0.472 e. The van der Waals surface area contributed by atoms with Gasteiger partial charge in [-0.05, 0) is 49.4 Å². The van der Waals surface area contributed by atoms with Crippen molar-refractivity contribution in [3.05, 3.63) is 0 Å². The molecule has 0 amide bonds. The molecule has 0 fully saturated rings. The molecule has 6 atom stereocenters. The summed E-state index contributed by atoms with van der Waals surface area (Å²) in [5.41, 5.74) is 0. The number of carbonyl (C=O) groups excluding carboxylic acids is 4. The number of rotatable bonds is 83. The summed E-state index contributed by atoms with van der Waals surface area (Å²) in [7, 11) is -9.93. The molecular weight excluding hydrogens is 1370 g/mol. The van der Waals surface area contributed by atoms with Gasteiger partial charge in [-0.3, -0.25) is 37.3 Å². The predicted octanol–water partition coefficient (Wildman–Crippen LogP) is 25.9. The molecule has 105 heavy (non-hydrogen) atoms. The van der Waals surface area contributed by atoms with Crippen molar-refractivity contribution in [3.63, 3.8) is 0 Å². The molecule has 0 aliphatic rings. The highest BCUT2D eigenvalue weighted by Crippen LogP contribution is 2.45. The Morgan fingerprint density at radius 3 is 0.676 bits per heavy atom. The van der Waals surface area contributed by atoms with Crippen molar-refractivity contribution in [2.24, 2.45) is 23.7 Å². The molecule has 17 nitrogen and oxygen atoms in total. The van der Waals surface area contributed by atoms with Gasteiger partial charge in [-0.2, -0.15) is 0 Å². The molecule has 0 aromatic rings. The number of ether oxygens (including phenoxy) is 4. The Labute approximate surface area is 645 Å². The van der Waals surface area contributed by atoms with Gasteiger partial charge in [0.25, 0.3) is 0 Å². The van der Waals surface area contributed by atoms with Crippen LogP contribution in [0.1, 0.15) is 447 Å². The number of unbranched alkanes of at least 4 members (excludes halogenated alkanes) is 48. The monoisotopic (exact) mass is 1540 g/mol. The van der Waals surface area contributed by atoms with Crippen LogP contribution < -0.4 is 0 Å². The summed E-state index contributed by atoms with van der Waals surface area (Å²) >= 11 is 0. The number of hydrogen-bond acceptors (Lipinski definition) is 15. The van der Waals surface area contributed by atoms with Gasteiger partial charge in [-0.15, -0.1) is 0 Å². The third-order valence-electron chi connectivity index (χ3n) is 20.4. The molecule has 0 aliphatic heterocycles. The van der Waals surface area contributed by atoms with E-state index in [1.807, 2.05) is 0 Å². The molecule has 0 rings (SSSR count). The van der Waals surface area contributed by atoms with E-state index in [4.69, 9.17) is 37.0 Å². The van der Waals surface area contributed by atoms with E-state index in [0.717, 1.165) is 114 Å². The summed E-state index contributed by atoms with van der Waals surface area (Å²) in [4.78, 5) is 73.2. The van der Waals surface area contributed by atoms with Crippen LogP contribution in [0.2, 0.25) is 0 Å². The Morgan fingerprint density at radius 1 is 0.267 bits per heavy atom. The fourth-order valence-corrected chi connectivity index (χ4v) is 14.9. The van der Waals surface area contributed by atoms with Crippen LogP contribution in [0.3, 0.4) is 0 Å². The van der Waals surface area contributed by atoms with Crippen molar-refractivity contribution in [2.45, 2.75) is 465 Å². The maximum atomic E-state index is 13.1. The number of phosphoric acid groups is 2. The van der Waals surface area contributed by atoms with E-state index in [1.54, 1.807) is 0 Å². The Kier molecular flexibility index (Phi) is 73.4. The summed E-state index contributed by atoms with van der Waals surface area (Å²) in [6.07, 6.45) is 64.0. The zero-order valence-corrected chi connectivity index (χ0v) is 71.2. The minimum Gasteiger partial charge on any atom is -0.462 e. The third kappa shape index (κ3) is 78.5. The standard InChI is InChI=1S/C86H168O17P2/c1-9-79(8)65-57-49-41-33-27-21-17-12-10-11-13-19-23-29-35-43-52-60-68-85(90)102-81(72-96-83(88)66-58-50-42-34-28-22-18-15-14-16-20-25-31-38-46-54-62-76(2)3)74-100-104(92,93)98-70-80(87)71-99-105(94,95)101-75-82(73-97-84(89)67-59-51-45-37-40-48-56-64-78(6)7)103-86(91)69-61-53-44-36-30-24-26-32-39-47-55-63-77(4)5/h76-82,87H,9-75H2,1-8H3,(H,92,93)(H,94,95)/t79?,80?,81-,82-/m1/s1. The Bertz CT molecular complexity index is 2040. The SMILES string of the molecule is CCC(C)CCCCCCCCCCCCCCCCCCCCC(=O)O[C@H](COC(=O)CCCCCCCCCCCCCCCCCCC(C)C)COP(=O)(O)OCC(O)COP(=O)(O)OC[C@@H](COC(=O)CCCCCCCCCC(C)C)OC(=O)CCCCCCCCCCCCCC(C)C. The molecule has 19 heteroatoms. The second kappa shape index (κ2) is 74.8. The minimum absolute atomic E-state index is 0.106. The predicted molar refractivity (Wildman–Crippen MR) is 432 cm³/mol. The van der Waals surface area contributed by atoms with Crippen LogP contribution in [-0.2, 0) is 65.4 Å². The maximum absolute atomic E-state index is 13.1. The Balaban J connectivity index is 5.22. The number of hydrogen-bond donors (Lipinski definition) is 3. The Hall–Kier alpha value is -1.94. The number of aliphatic hydroxyl groups is 1. The smallest absolute Gasteiger partial charge is 0.462 e. The minimum atomic E-state index is -4.97. The fourth-order valence-electron chi connectivity index (χ4n) is 13.3. The average molecular weight is 1540 g/mol. The highest BCUT2D eigenvalue weighted by atomic mass is 31.2. The summed E-state index contributed by atoms with van der Waals surface area (Å²) in [6, 6.07) is 0. The van der Waals surface area contributed by atoms with E-state index in [2.05, 4.69) is 55.4 Å². The van der Waals surface area contributed by atoms with Crippen molar-refractivity contribution in [3.8, 4) is 0 Å². The summed E-state index contributed by atoms with van der Waals surface area (Å²) < 4.78 is 68.9. The van der Waals surface area contributed by atoms with Gasteiger partial charge in [0.2, 0.25) is 0 Å². The van der Waals surface area contributed by atoms with Crippen LogP contribution in [0.4, 0.5) is 0 Å². The second-order valence-electron chi connectivity index (χ2n) is 32.6. The first-order chi connectivity index (χ1) is 50.6. The second-order valence-corrected chi connectivity index (χ2v) is 35.5. The zero-order chi connectivity index (χ0) is 77.4. The molecular formula is C86H168O17P2. The normalized spacial score (nSPS) is 14.2. The van der Waals surface area contributed by atoms with E-state index in [9.17, 15) is 43.2 Å². The van der Waals surface area contributed by atoms with Crippen molar-refractivity contribution in [2.75, 3.05) is 39.6 Å². The molecule has 0 aromatic heterocycles. The van der Waals surface area contributed by atoms with Gasteiger partial charge >= 0.3 is 39.5 Å². The van der Waals surface area contributed by atoms with Gasteiger partial charge in [0.05, 0.1) is 26.4 Å². The highest BCUT2D eigenvalue weighted by Gasteiger charge is 2.31. The van der Waals surface area contributed by atoms with Crippen LogP contribution in [0.25, 0.3) is 0 Å². The van der Waals surface area contributed by atoms with Crippen LogP contribution in [0, 0.1) is 23.7 Å². The van der Waals surface area contributed by atoms with Gasteiger partial charge in [-0.25, -0.2) is 9.13 Å². The lowest BCUT2D eigenvalue weighted by molar-refractivity contribution is -0.161. The summed E-state index contributed by atoms with van der Waals surface area (Å²) in [6.45, 7) is 14.3. The van der Waals surface area contributed by atoms with Crippen molar-refractivity contribution in [1.82, 2.24) is 0 Å². The zero-order valence-electron chi connectivity index (χ0n) is 69.4. The lowest BCUT2D eigenvalue weighted by Crippen LogP contribution is -2.30. The van der Waals surface area contributed by atoms with Crippen LogP contribution in [0.5, 0.6) is 0 Å². The average Bonchev–Trinajstić information content (AvgIpc) is 0.912. The lowest BCUT2D eigenvalue weighted by Gasteiger charge is -2.21. The number of esters is 4. The topological polar surface area (TPSA) is 237 Å². The largest absolute Gasteiger partial charge is 0.472 e. The first-order valence-electron chi connectivity index (χ1n) is 44.2. The molecule has 0 saturated heterocycles. The number of aliphatic hydroxyl groups excluding tert-OH is 1. The van der Waals surface area contributed by atoms with Crippen LogP contribution in [0.15, 0.2) is 0 Å². The van der Waals surface area contributed by atoms with E-state index < -0.39 is 97.5 Å². The highest BCUT2D eigenvalue weighted by molar-refractivity contribution is 7.47. The van der Waals surface area contributed by atoms with Gasteiger partial charge in [0.1, 0.15) is 19.3 Å². The summed E-state index contributed by atoms with van der Waals surface area (Å²) in [5.74, 6) is 1.04. The van der Waals surface area contributed by atoms with Gasteiger partial charge in [-0.1, -0.05) is 396 Å². The molecule has 624 valence electrons. The fraction of sp³-hybridized carbons (Fsp3) is 0.953. The quantitative estimate of drug-likeness (QED) is 0.0222. The van der Waals surface area contributed by atoms with Crippen molar-refractivity contribution < 1.29 is 80.2 Å². The lowest BCUT2D eigenvalue weighted by atomic mass is 9.99. The van der Waals surface area contributed by atoms with Crippen LogP contribution >= 0.6 is 15.6 Å². The van der Waals surface area contributed by atoms with Gasteiger partial charge < -0.3 is 33.8 Å². The first kappa shape index (κ1) is 103. The van der Waals surface area contributed by atoms with Gasteiger partial charge in [0.15, 0.2) is 12.2 Å². The number of phosphoric ester groups is 2. The molecule has 0 saturated carbocycles. The van der Waals surface area contributed by atoms with E-state index >= 15 is 0 Å². The van der Waals surface area contributed by atoms with E-state index in [-0.39, 0.29) is 25.7 Å². The molecule has 0 aromatic carbocycles. The number of carbonyl (C=O) groups is 4. The molecule has 0 aliphatic carbocycles. The Morgan fingerprint density at radius 2 is 0.457 bits per heavy atom. The van der Waals surface area contributed by atoms with Crippen molar-refractivity contribution in [1.29, 1.82) is 0 Å². The molecule has 0 bridgehead atoms. The van der Waals surface area contributed by atoms with Crippen molar-refractivity contribution >= 4 is 39.5 Å². The molecule has 0 spiro atoms. The molecule has 0 heterocycles. The summed E-state index contributed by atoms with van der Waals surface area (Å²) in [5, 5.41) is 10.7. The molecule has 4 unspecified atom stereocenters. The van der Waals surface area contributed by atoms with Gasteiger partial charge in [0, 0.05) is 25.7 Å². The molecule has 3 N–H and O–H groups in total. The van der Waals surface area contributed by atoms with E-state index in [0.29, 0.717) is 31.6 Å². The third-order valence-corrected chi connectivity index (χ3v) is 22.3.